The summed E-state index contributed by atoms with van der Waals surface area (Å²) in [5.41, 5.74) is 3.36. The van der Waals surface area contributed by atoms with E-state index in [0.717, 1.165) is 43.5 Å². The van der Waals surface area contributed by atoms with Crippen molar-refractivity contribution in [3.05, 3.63) is 47.3 Å². The van der Waals surface area contributed by atoms with E-state index in [9.17, 15) is 9.18 Å². The summed E-state index contributed by atoms with van der Waals surface area (Å²) in [7, 11) is 0. The lowest BCUT2D eigenvalue weighted by atomic mass is 9.94. The highest BCUT2D eigenvalue weighted by Gasteiger charge is 2.27. The first-order valence-corrected chi connectivity index (χ1v) is 8.34. The number of aromatic nitrogens is 2. The first-order chi connectivity index (χ1) is 11.2. The van der Waals surface area contributed by atoms with E-state index in [2.05, 4.69) is 14.9 Å². The molecule has 1 N–H and O–H groups in total. The molecule has 4 rings (SSSR count). The monoisotopic (exact) mass is 313 g/mol. The van der Waals surface area contributed by atoms with Crippen LogP contribution in [-0.2, 0) is 19.4 Å². The molecule has 1 fully saturated rings. The molecule has 0 radical (unpaired) electrons. The van der Waals surface area contributed by atoms with Crippen molar-refractivity contribution in [2.75, 3.05) is 5.32 Å². The molecule has 2 aromatic rings. The van der Waals surface area contributed by atoms with Crippen LogP contribution in [0.25, 0.3) is 0 Å². The molecule has 120 valence electrons. The Kier molecular flexibility index (Phi) is 3.63. The highest BCUT2D eigenvalue weighted by molar-refractivity contribution is 6.05. The molecule has 1 amide bonds. The van der Waals surface area contributed by atoms with Gasteiger partial charge in [0.25, 0.3) is 5.91 Å². The summed E-state index contributed by atoms with van der Waals surface area (Å²) in [6, 6.07) is 1.49. The maximum Gasteiger partial charge on any atom is 0.257 e. The van der Waals surface area contributed by atoms with Crippen LogP contribution in [0.4, 0.5) is 10.1 Å². The second kappa shape index (κ2) is 5.80. The van der Waals surface area contributed by atoms with Crippen LogP contribution in [0.1, 0.15) is 47.3 Å². The number of carbonyl (C=O) groups excluding carboxylic acids is 1. The van der Waals surface area contributed by atoms with E-state index in [1.54, 1.807) is 0 Å². The summed E-state index contributed by atoms with van der Waals surface area (Å²) in [5, 5.41) is 2.69. The number of fused-ring (bicyclic) bond motifs is 1. The second-order valence-electron chi connectivity index (χ2n) is 6.58. The van der Waals surface area contributed by atoms with Gasteiger partial charge in [0.1, 0.15) is 0 Å². The Hall–Kier alpha value is -2.17. The smallest absolute Gasteiger partial charge is 0.257 e. The summed E-state index contributed by atoms with van der Waals surface area (Å²) < 4.78 is 16.0. The summed E-state index contributed by atoms with van der Waals surface area (Å²) in [6.45, 7) is 1.01. The van der Waals surface area contributed by atoms with E-state index < -0.39 is 5.82 Å². The number of hydrogen-bond acceptors (Lipinski definition) is 2. The molecule has 0 aliphatic heterocycles. The number of halogens is 1. The number of nitrogens with zero attached hydrogens (tertiary/aromatic N) is 2. The third-order valence-electron chi connectivity index (χ3n) is 4.81. The first kappa shape index (κ1) is 14.4. The number of rotatable bonds is 4. The number of amides is 1. The Morgan fingerprint density at radius 2 is 2.17 bits per heavy atom. The van der Waals surface area contributed by atoms with Crippen molar-refractivity contribution in [3.8, 4) is 0 Å². The molecule has 2 heterocycles. The van der Waals surface area contributed by atoms with Gasteiger partial charge in [0.2, 0.25) is 0 Å². The molecular weight excluding hydrogens is 293 g/mol. The van der Waals surface area contributed by atoms with Gasteiger partial charge >= 0.3 is 0 Å². The van der Waals surface area contributed by atoms with Crippen molar-refractivity contribution in [1.82, 2.24) is 9.55 Å². The number of pyridine rings is 1. The highest BCUT2D eigenvalue weighted by atomic mass is 19.1. The average Bonchev–Trinajstić information content (AvgIpc) is 3.30. The van der Waals surface area contributed by atoms with Gasteiger partial charge in [-0.15, -0.1) is 0 Å². The Bertz CT molecular complexity index is 749. The zero-order valence-corrected chi connectivity index (χ0v) is 13.0. The highest BCUT2D eigenvalue weighted by Crippen LogP contribution is 2.34. The molecule has 0 spiro atoms. The lowest BCUT2D eigenvalue weighted by molar-refractivity contribution is 0.102. The molecule has 2 aliphatic rings. The van der Waals surface area contributed by atoms with Crippen LogP contribution in [-0.4, -0.2) is 15.5 Å². The molecule has 2 aliphatic carbocycles. The molecule has 5 heteroatoms. The van der Waals surface area contributed by atoms with Crippen molar-refractivity contribution < 1.29 is 9.18 Å². The van der Waals surface area contributed by atoms with E-state index in [1.807, 2.05) is 6.20 Å². The van der Waals surface area contributed by atoms with E-state index in [4.69, 9.17) is 0 Å². The van der Waals surface area contributed by atoms with Crippen LogP contribution in [0.2, 0.25) is 0 Å². The van der Waals surface area contributed by atoms with Crippen molar-refractivity contribution in [2.24, 2.45) is 5.92 Å². The fraction of sp³-hybridized carbons (Fsp3) is 0.444. The largest absolute Gasteiger partial charge is 0.350 e. The van der Waals surface area contributed by atoms with E-state index in [0.29, 0.717) is 5.56 Å². The Morgan fingerprint density at radius 1 is 1.35 bits per heavy atom. The van der Waals surface area contributed by atoms with Crippen LogP contribution in [0.3, 0.4) is 0 Å². The van der Waals surface area contributed by atoms with Gasteiger partial charge in [-0.1, -0.05) is 0 Å². The van der Waals surface area contributed by atoms with Crippen molar-refractivity contribution in [3.63, 3.8) is 0 Å². The molecule has 23 heavy (non-hydrogen) atoms. The summed E-state index contributed by atoms with van der Waals surface area (Å²) in [4.78, 5) is 16.3. The first-order valence-electron chi connectivity index (χ1n) is 8.34. The van der Waals surface area contributed by atoms with Crippen LogP contribution >= 0.6 is 0 Å². The van der Waals surface area contributed by atoms with Gasteiger partial charge in [-0.25, -0.2) is 4.39 Å². The van der Waals surface area contributed by atoms with Crippen molar-refractivity contribution >= 4 is 11.6 Å². The summed E-state index contributed by atoms with van der Waals surface area (Å²) in [6.07, 6.45) is 11.4. The summed E-state index contributed by atoms with van der Waals surface area (Å²) >= 11 is 0. The molecule has 0 bridgehead atoms. The lowest BCUT2D eigenvalue weighted by Gasteiger charge is -2.16. The molecule has 1 saturated carbocycles. The van der Waals surface area contributed by atoms with Crippen molar-refractivity contribution in [2.45, 2.75) is 45.1 Å². The van der Waals surface area contributed by atoms with Crippen LogP contribution < -0.4 is 5.32 Å². The zero-order chi connectivity index (χ0) is 15.8. The maximum atomic E-state index is 13.7. The standard InChI is InChI=1S/C18H20FN3O/c19-15-9-20-8-7-16(15)21-18(23)14-11-22(10-12-5-6-12)17-4-2-1-3-13(14)17/h7-9,11-12H,1-6,10H2,(H,20,21,23). The topological polar surface area (TPSA) is 46.9 Å². The Balaban J connectivity index is 1.63. The third-order valence-corrected chi connectivity index (χ3v) is 4.81. The molecular formula is C18H20FN3O. The number of hydrogen-bond donors (Lipinski definition) is 1. The fourth-order valence-electron chi connectivity index (χ4n) is 3.41. The maximum absolute atomic E-state index is 13.7. The molecule has 4 nitrogen and oxygen atoms in total. The zero-order valence-electron chi connectivity index (χ0n) is 13.0. The fourth-order valence-corrected chi connectivity index (χ4v) is 3.41. The van der Waals surface area contributed by atoms with Gasteiger partial charge in [-0.05, 0) is 56.1 Å². The number of carbonyl (C=O) groups is 1. The van der Waals surface area contributed by atoms with Gasteiger partial charge in [0.15, 0.2) is 5.82 Å². The normalized spacial score (nSPS) is 16.9. The number of nitrogens with one attached hydrogen (secondary N) is 1. The minimum atomic E-state index is -0.507. The second-order valence-corrected chi connectivity index (χ2v) is 6.58. The third kappa shape index (κ3) is 2.87. The van der Waals surface area contributed by atoms with Gasteiger partial charge in [0, 0.05) is 24.6 Å². The van der Waals surface area contributed by atoms with Crippen LogP contribution in [0.15, 0.2) is 24.7 Å². The molecule has 0 atom stereocenters. The quantitative estimate of drug-likeness (QED) is 0.938. The predicted molar refractivity (Wildman–Crippen MR) is 85.9 cm³/mol. The minimum Gasteiger partial charge on any atom is -0.350 e. The van der Waals surface area contributed by atoms with Gasteiger partial charge in [-0.2, -0.15) is 0 Å². The molecule has 0 saturated heterocycles. The molecule has 2 aromatic heterocycles. The Labute approximate surface area is 134 Å². The van der Waals surface area contributed by atoms with Crippen molar-refractivity contribution in [1.29, 1.82) is 0 Å². The van der Waals surface area contributed by atoms with Crippen LogP contribution in [0.5, 0.6) is 0 Å². The molecule has 0 unspecified atom stereocenters. The number of anilines is 1. The minimum absolute atomic E-state index is 0.185. The Morgan fingerprint density at radius 3 is 2.96 bits per heavy atom. The van der Waals surface area contributed by atoms with Gasteiger partial charge < -0.3 is 9.88 Å². The van der Waals surface area contributed by atoms with E-state index in [1.165, 1.54) is 37.2 Å². The predicted octanol–water partition coefficient (Wildman–Crippen LogP) is 3.56. The average molecular weight is 313 g/mol. The SMILES string of the molecule is O=C(Nc1ccncc1F)c1cn(CC2CC2)c2c1CCCC2. The van der Waals surface area contributed by atoms with E-state index >= 15 is 0 Å². The molecule has 0 aromatic carbocycles. The lowest BCUT2D eigenvalue weighted by Crippen LogP contribution is -2.15. The van der Waals surface area contributed by atoms with Gasteiger partial charge in [-0.3, -0.25) is 9.78 Å². The summed E-state index contributed by atoms with van der Waals surface area (Å²) in [5.74, 6) is 0.0388. The van der Waals surface area contributed by atoms with E-state index in [-0.39, 0.29) is 11.6 Å². The van der Waals surface area contributed by atoms with Crippen LogP contribution in [0, 0.1) is 11.7 Å². The van der Waals surface area contributed by atoms with Gasteiger partial charge in [0.05, 0.1) is 17.4 Å².